The van der Waals surface area contributed by atoms with Gasteiger partial charge in [0, 0.05) is 49.6 Å². The number of benzene rings is 7. The third-order valence-corrected chi connectivity index (χ3v) is 11.5. The molecule has 0 N–H and O–H groups in total. The first kappa shape index (κ1) is 31.6. The molecular weight excluding hydrogens is 695 g/mol. The summed E-state index contributed by atoms with van der Waals surface area (Å²) in [5.74, 6) is 1.68. The number of pyridine rings is 2. The number of fused-ring (bicyclic) bond motifs is 9. The molecule has 0 radical (unpaired) electrons. The van der Waals surface area contributed by atoms with E-state index in [2.05, 4.69) is 196 Å². The molecule has 5 nitrogen and oxygen atoms in total. The van der Waals surface area contributed by atoms with Gasteiger partial charge in [-0.2, -0.15) is 0 Å². The van der Waals surface area contributed by atoms with E-state index in [-0.39, 0.29) is 0 Å². The Morgan fingerprint density at radius 1 is 0.333 bits per heavy atom. The lowest BCUT2D eigenvalue weighted by molar-refractivity contribution is 0.985. The van der Waals surface area contributed by atoms with Crippen molar-refractivity contribution in [2.75, 3.05) is 0 Å². The van der Waals surface area contributed by atoms with E-state index in [1.807, 2.05) is 18.3 Å². The van der Waals surface area contributed by atoms with E-state index in [1.54, 1.807) is 0 Å². The lowest BCUT2D eigenvalue weighted by atomic mass is 9.99. The molecule has 5 heteroatoms. The van der Waals surface area contributed by atoms with Crippen LogP contribution in [0.1, 0.15) is 0 Å². The minimum absolute atomic E-state index is 0.840. The molecule has 0 aliphatic carbocycles. The SMILES string of the molecule is c1ccc(-c2cccc(-c3cc(-n4c5ccccc5c5ccccc54)nc(-n4c5ccccc5c5ccccc54)c3-n3c4ccccc4c4ccccc43)c2)nc1. The molecule has 0 aliphatic rings. The van der Waals surface area contributed by atoms with Crippen LogP contribution in [0.15, 0.2) is 200 Å². The highest BCUT2D eigenvalue weighted by molar-refractivity contribution is 6.13. The highest BCUT2D eigenvalue weighted by Gasteiger charge is 2.26. The van der Waals surface area contributed by atoms with Gasteiger partial charge in [0.15, 0.2) is 5.82 Å². The first-order valence-electron chi connectivity index (χ1n) is 19.3. The molecule has 0 fully saturated rings. The van der Waals surface area contributed by atoms with Crippen molar-refractivity contribution in [3.8, 4) is 39.7 Å². The molecule has 12 rings (SSSR count). The Balaban J connectivity index is 1.32. The summed E-state index contributed by atoms with van der Waals surface area (Å²) < 4.78 is 7.16. The van der Waals surface area contributed by atoms with Gasteiger partial charge < -0.3 is 4.57 Å². The summed E-state index contributed by atoms with van der Waals surface area (Å²) in [5.41, 5.74) is 11.8. The van der Waals surface area contributed by atoms with Crippen LogP contribution in [0, 0.1) is 0 Å². The van der Waals surface area contributed by atoms with Crippen LogP contribution >= 0.6 is 0 Å². The van der Waals surface area contributed by atoms with E-state index in [0.717, 1.165) is 72.8 Å². The normalized spacial score (nSPS) is 11.9. The number of para-hydroxylation sites is 6. The monoisotopic (exact) mass is 727 g/mol. The van der Waals surface area contributed by atoms with Crippen molar-refractivity contribution in [2.24, 2.45) is 0 Å². The lowest BCUT2D eigenvalue weighted by Gasteiger charge is -2.22. The minimum Gasteiger partial charge on any atom is -0.305 e. The van der Waals surface area contributed by atoms with Gasteiger partial charge in [-0.25, -0.2) is 4.98 Å². The van der Waals surface area contributed by atoms with Crippen LogP contribution in [0.3, 0.4) is 0 Å². The maximum atomic E-state index is 5.89. The molecule has 5 heterocycles. The number of rotatable bonds is 5. The second-order valence-corrected chi connectivity index (χ2v) is 14.6. The number of hydrogen-bond acceptors (Lipinski definition) is 2. The smallest absolute Gasteiger partial charge is 0.165 e. The molecule has 0 aliphatic heterocycles. The molecule has 57 heavy (non-hydrogen) atoms. The van der Waals surface area contributed by atoms with Gasteiger partial charge in [-0.15, -0.1) is 0 Å². The highest BCUT2D eigenvalue weighted by Crippen LogP contribution is 2.43. The largest absolute Gasteiger partial charge is 0.305 e. The standard InChI is InChI=1S/C52H33N5/c1-7-25-44-36(18-1)37-19-2-8-26-45(37)55(44)50-33-42(34-16-15-17-35(32-34)43-24-13-14-31-53-43)51(56-46-27-9-3-20-38(46)39-21-4-10-28-47(39)56)52(54-50)57-48-29-11-5-22-40(48)41-23-6-12-30-49(41)57/h1-33H. The van der Waals surface area contributed by atoms with Gasteiger partial charge in [0.05, 0.1) is 44.5 Å². The predicted molar refractivity (Wildman–Crippen MR) is 236 cm³/mol. The van der Waals surface area contributed by atoms with Crippen LogP contribution in [-0.2, 0) is 0 Å². The van der Waals surface area contributed by atoms with Crippen LogP contribution in [-0.4, -0.2) is 23.7 Å². The third-order valence-electron chi connectivity index (χ3n) is 11.5. The van der Waals surface area contributed by atoms with E-state index >= 15 is 0 Å². The second-order valence-electron chi connectivity index (χ2n) is 14.6. The molecule has 0 bridgehead atoms. The van der Waals surface area contributed by atoms with Gasteiger partial charge in [-0.3, -0.25) is 14.1 Å². The van der Waals surface area contributed by atoms with E-state index in [9.17, 15) is 0 Å². The van der Waals surface area contributed by atoms with Gasteiger partial charge in [-0.1, -0.05) is 133 Å². The zero-order chi connectivity index (χ0) is 37.5. The molecule has 0 unspecified atom stereocenters. The molecule has 12 aromatic rings. The fourth-order valence-corrected chi connectivity index (χ4v) is 9.09. The Morgan fingerprint density at radius 3 is 1.23 bits per heavy atom. The molecular formula is C52H33N5. The van der Waals surface area contributed by atoms with Gasteiger partial charge >= 0.3 is 0 Å². The Bertz CT molecular complexity index is 3370. The number of nitrogens with zero attached hydrogens (tertiary/aromatic N) is 5. The molecule has 0 amide bonds. The predicted octanol–water partition coefficient (Wildman–Crippen LogP) is 13.1. The molecule has 0 saturated carbocycles. The van der Waals surface area contributed by atoms with Gasteiger partial charge in [-0.05, 0) is 66.2 Å². The molecule has 266 valence electrons. The Morgan fingerprint density at radius 2 is 0.754 bits per heavy atom. The summed E-state index contributed by atoms with van der Waals surface area (Å²) in [5, 5.41) is 7.15. The van der Waals surface area contributed by atoms with E-state index in [0.29, 0.717) is 0 Å². The summed E-state index contributed by atoms with van der Waals surface area (Å²) in [6, 6.07) is 69.4. The van der Waals surface area contributed by atoms with Crippen molar-refractivity contribution in [1.29, 1.82) is 0 Å². The zero-order valence-electron chi connectivity index (χ0n) is 30.8. The highest BCUT2D eigenvalue weighted by atomic mass is 15.2. The van der Waals surface area contributed by atoms with Crippen LogP contribution in [0.25, 0.3) is 105 Å². The quantitative estimate of drug-likeness (QED) is 0.177. The van der Waals surface area contributed by atoms with Gasteiger partial charge in [0.2, 0.25) is 0 Å². The first-order chi connectivity index (χ1) is 28.3. The van der Waals surface area contributed by atoms with Crippen LogP contribution < -0.4 is 0 Å². The van der Waals surface area contributed by atoms with Crippen molar-refractivity contribution in [2.45, 2.75) is 0 Å². The van der Waals surface area contributed by atoms with Gasteiger partial charge in [0.1, 0.15) is 5.82 Å². The average molecular weight is 728 g/mol. The maximum absolute atomic E-state index is 5.89. The van der Waals surface area contributed by atoms with Crippen LogP contribution in [0.5, 0.6) is 0 Å². The number of hydrogen-bond donors (Lipinski definition) is 0. The van der Waals surface area contributed by atoms with E-state index in [4.69, 9.17) is 9.97 Å². The van der Waals surface area contributed by atoms with Crippen LogP contribution in [0.2, 0.25) is 0 Å². The summed E-state index contributed by atoms with van der Waals surface area (Å²) in [7, 11) is 0. The summed E-state index contributed by atoms with van der Waals surface area (Å²) in [6.45, 7) is 0. The Kier molecular flexibility index (Phi) is 6.86. The molecule has 7 aromatic carbocycles. The van der Waals surface area contributed by atoms with Crippen molar-refractivity contribution in [3.63, 3.8) is 0 Å². The molecule has 0 atom stereocenters. The fraction of sp³-hybridized carbons (Fsp3) is 0. The minimum atomic E-state index is 0.840. The molecule has 0 saturated heterocycles. The molecule has 0 spiro atoms. The zero-order valence-corrected chi connectivity index (χ0v) is 30.8. The second kappa shape index (κ2) is 12.4. The summed E-state index contributed by atoms with van der Waals surface area (Å²) in [6.07, 6.45) is 1.86. The summed E-state index contributed by atoms with van der Waals surface area (Å²) >= 11 is 0. The third kappa shape index (κ3) is 4.69. The van der Waals surface area contributed by atoms with Crippen molar-refractivity contribution in [1.82, 2.24) is 23.7 Å². The average Bonchev–Trinajstić information content (AvgIpc) is 3.92. The lowest BCUT2D eigenvalue weighted by Crippen LogP contribution is -2.11. The molecule has 5 aromatic heterocycles. The summed E-state index contributed by atoms with van der Waals surface area (Å²) in [4.78, 5) is 10.7. The van der Waals surface area contributed by atoms with Crippen molar-refractivity contribution >= 4 is 65.4 Å². The van der Waals surface area contributed by atoms with E-state index < -0.39 is 0 Å². The number of aromatic nitrogens is 5. The van der Waals surface area contributed by atoms with Crippen molar-refractivity contribution in [3.05, 3.63) is 200 Å². The van der Waals surface area contributed by atoms with Crippen LogP contribution in [0.4, 0.5) is 0 Å². The topological polar surface area (TPSA) is 40.6 Å². The fourth-order valence-electron chi connectivity index (χ4n) is 9.09. The van der Waals surface area contributed by atoms with Crippen molar-refractivity contribution < 1.29 is 0 Å². The Hall–Kier alpha value is -7.76. The maximum Gasteiger partial charge on any atom is 0.165 e. The van der Waals surface area contributed by atoms with E-state index in [1.165, 1.54) is 32.3 Å². The van der Waals surface area contributed by atoms with Gasteiger partial charge in [0.25, 0.3) is 0 Å². The first-order valence-corrected chi connectivity index (χ1v) is 19.3. The Labute approximate surface area is 328 Å².